The molecule has 1 N–H and O–H groups in total. The van der Waals surface area contributed by atoms with E-state index in [1.807, 2.05) is 4.90 Å². The number of thiophene rings is 1. The number of halogens is 1. The van der Waals surface area contributed by atoms with Gasteiger partial charge in [0.05, 0.1) is 17.6 Å². The van der Waals surface area contributed by atoms with Gasteiger partial charge in [0.25, 0.3) is 5.56 Å². The monoisotopic (exact) mass is 464 g/mol. The van der Waals surface area contributed by atoms with Gasteiger partial charge in [-0.05, 0) is 53.4 Å². The number of H-pyrrole nitrogens is 1. The number of nitrogens with one attached hydrogen (secondary N) is 1. The molecule has 7 nitrogen and oxygen atoms in total. The minimum atomic E-state index is -0.492. The van der Waals surface area contributed by atoms with Crippen molar-refractivity contribution in [1.82, 2.24) is 14.5 Å². The molecule has 168 valence electrons. The Labute approximate surface area is 192 Å². The fourth-order valence-corrected chi connectivity index (χ4v) is 4.87. The van der Waals surface area contributed by atoms with E-state index in [2.05, 4.69) is 9.88 Å². The number of aromatic nitrogens is 2. The van der Waals surface area contributed by atoms with Crippen molar-refractivity contribution < 1.29 is 9.18 Å². The third kappa shape index (κ3) is 4.19. The molecule has 0 spiro atoms. The standard InChI is InChI=1S/C24H21FN4O3S/c25-17-3-7-18(8-4-17)27-10-12-28(13-11-27)21(30)15-16-1-5-19(6-2-16)29-23(31)22-20(9-14-33-22)26-24(29)32/h1-9,14H,10-13,15H2,(H,26,32). The van der Waals surface area contributed by atoms with Crippen LogP contribution in [0.5, 0.6) is 0 Å². The fraction of sp³-hybridized carbons (Fsp3) is 0.208. The topological polar surface area (TPSA) is 78.4 Å². The third-order valence-electron chi connectivity index (χ3n) is 5.88. The maximum absolute atomic E-state index is 13.1. The molecule has 9 heteroatoms. The van der Waals surface area contributed by atoms with Gasteiger partial charge in [-0.25, -0.2) is 13.8 Å². The molecule has 1 aliphatic heterocycles. The molecule has 0 radical (unpaired) electrons. The van der Waals surface area contributed by atoms with Crippen LogP contribution in [0.2, 0.25) is 0 Å². The van der Waals surface area contributed by atoms with Crippen molar-refractivity contribution >= 4 is 33.1 Å². The number of amides is 1. The van der Waals surface area contributed by atoms with Crippen molar-refractivity contribution in [3.63, 3.8) is 0 Å². The van der Waals surface area contributed by atoms with Crippen molar-refractivity contribution in [3.8, 4) is 5.69 Å². The molecule has 5 rings (SSSR count). The number of hydrogen-bond donors (Lipinski definition) is 1. The van der Waals surface area contributed by atoms with Gasteiger partial charge in [0.1, 0.15) is 10.5 Å². The van der Waals surface area contributed by atoms with Crippen molar-refractivity contribution in [2.45, 2.75) is 6.42 Å². The van der Waals surface area contributed by atoms with E-state index in [9.17, 15) is 18.8 Å². The summed E-state index contributed by atoms with van der Waals surface area (Å²) in [6, 6.07) is 15.0. The number of fused-ring (bicyclic) bond motifs is 1. The molecule has 0 bridgehead atoms. The Balaban J connectivity index is 1.25. The maximum atomic E-state index is 13.1. The lowest BCUT2D eigenvalue weighted by atomic mass is 10.1. The minimum absolute atomic E-state index is 0.0246. The lowest BCUT2D eigenvalue weighted by Gasteiger charge is -2.36. The first-order valence-corrected chi connectivity index (χ1v) is 11.5. The highest BCUT2D eigenvalue weighted by Crippen LogP contribution is 2.18. The molecule has 0 atom stereocenters. The number of aromatic amines is 1. The Morgan fingerprint density at radius 2 is 1.58 bits per heavy atom. The number of nitrogens with zero attached hydrogens (tertiary/aromatic N) is 3. The summed E-state index contributed by atoms with van der Waals surface area (Å²) in [5.74, 6) is -0.239. The molecule has 1 aliphatic rings. The van der Waals surface area contributed by atoms with Gasteiger partial charge in [-0.2, -0.15) is 0 Å². The van der Waals surface area contributed by atoms with Crippen LogP contribution in [0.15, 0.2) is 69.6 Å². The number of piperazine rings is 1. The lowest BCUT2D eigenvalue weighted by molar-refractivity contribution is -0.130. The fourth-order valence-electron chi connectivity index (χ4n) is 4.09. The zero-order valence-electron chi connectivity index (χ0n) is 17.7. The molecule has 0 aliphatic carbocycles. The first-order chi connectivity index (χ1) is 16.0. The van der Waals surface area contributed by atoms with E-state index in [1.165, 1.54) is 23.5 Å². The predicted molar refractivity (Wildman–Crippen MR) is 127 cm³/mol. The first-order valence-electron chi connectivity index (χ1n) is 10.6. The second-order valence-electron chi connectivity index (χ2n) is 7.92. The van der Waals surface area contributed by atoms with Gasteiger partial charge in [0.15, 0.2) is 0 Å². The summed E-state index contributed by atoms with van der Waals surface area (Å²) < 4.78 is 14.7. The van der Waals surface area contributed by atoms with E-state index in [1.54, 1.807) is 47.8 Å². The SMILES string of the molecule is O=C(Cc1ccc(-n2c(=O)[nH]c3ccsc3c2=O)cc1)N1CCN(c2ccc(F)cc2)CC1. The summed E-state index contributed by atoms with van der Waals surface area (Å²) in [6.07, 6.45) is 0.242. The Kier molecular flexibility index (Phi) is 5.55. The van der Waals surface area contributed by atoms with Crippen molar-refractivity contribution in [2.75, 3.05) is 31.1 Å². The molecule has 3 heterocycles. The highest BCUT2D eigenvalue weighted by atomic mass is 32.1. The second-order valence-corrected chi connectivity index (χ2v) is 8.84. The van der Waals surface area contributed by atoms with E-state index in [0.29, 0.717) is 42.1 Å². The van der Waals surface area contributed by atoms with Crippen LogP contribution in [-0.4, -0.2) is 46.5 Å². The smallest absolute Gasteiger partial charge is 0.333 e. The molecule has 1 saturated heterocycles. The first kappa shape index (κ1) is 21.1. The Bertz CT molecular complexity index is 1420. The Hall–Kier alpha value is -3.72. The van der Waals surface area contributed by atoms with Gasteiger partial charge in [0, 0.05) is 31.9 Å². The van der Waals surface area contributed by atoms with E-state index in [0.717, 1.165) is 15.8 Å². The molecule has 1 amide bonds. The summed E-state index contributed by atoms with van der Waals surface area (Å²) in [7, 11) is 0. The average molecular weight is 465 g/mol. The Morgan fingerprint density at radius 1 is 0.909 bits per heavy atom. The van der Waals surface area contributed by atoms with Crippen molar-refractivity contribution in [2.24, 2.45) is 0 Å². The molecule has 2 aromatic heterocycles. The van der Waals surface area contributed by atoms with E-state index >= 15 is 0 Å². The highest BCUT2D eigenvalue weighted by Gasteiger charge is 2.21. The van der Waals surface area contributed by atoms with E-state index in [-0.39, 0.29) is 23.7 Å². The lowest BCUT2D eigenvalue weighted by Crippen LogP contribution is -2.49. The molecule has 4 aromatic rings. The van der Waals surface area contributed by atoms with Gasteiger partial charge in [-0.1, -0.05) is 12.1 Å². The molecule has 2 aromatic carbocycles. The van der Waals surface area contributed by atoms with Crippen LogP contribution in [0, 0.1) is 5.82 Å². The van der Waals surface area contributed by atoms with Crippen LogP contribution in [0.25, 0.3) is 15.9 Å². The van der Waals surface area contributed by atoms with Crippen LogP contribution >= 0.6 is 11.3 Å². The Morgan fingerprint density at radius 3 is 2.27 bits per heavy atom. The van der Waals surface area contributed by atoms with Gasteiger partial charge in [-0.15, -0.1) is 11.3 Å². The number of carbonyl (C=O) groups excluding carboxylic acids is 1. The molecular weight excluding hydrogens is 443 g/mol. The zero-order valence-corrected chi connectivity index (χ0v) is 18.5. The minimum Gasteiger partial charge on any atom is -0.368 e. The molecule has 33 heavy (non-hydrogen) atoms. The normalized spacial score (nSPS) is 14.1. The number of anilines is 1. The van der Waals surface area contributed by atoms with E-state index in [4.69, 9.17) is 0 Å². The van der Waals surface area contributed by atoms with Gasteiger partial charge < -0.3 is 14.8 Å². The number of carbonyl (C=O) groups is 1. The van der Waals surface area contributed by atoms with Crippen LogP contribution < -0.4 is 16.1 Å². The van der Waals surface area contributed by atoms with Gasteiger partial charge >= 0.3 is 5.69 Å². The largest absolute Gasteiger partial charge is 0.368 e. The maximum Gasteiger partial charge on any atom is 0.333 e. The number of benzene rings is 2. The van der Waals surface area contributed by atoms with Crippen molar-refractivity contribution in [3.05, 3.63) is 92.2 Å². The molecule has 1 fully saturated rings. The van der Waals surface area contributed by atoms with Crippen LogP contribution in [0.1, 0.15) is 5.56 Å². The highest BCUT2D eigenvalue weighted by molar-refractivity contribution is 7.17. The third-order valence-corrected chi connectivity index (χ3v) is 6.78. The zero-order chi connectivity index (χ0) is 22.9. The van der Waals surface area contributed by atoms with Crippen LogP contribution in [0.4, 0.5) is 10.1 Å². The molecular formula is C24H21FN4O3S. The van der Waals surface area contributed by atoms with E-state index < -0.39 is 5.69 Å². The van der Waals surface area contributed by atoms with Gasteiger partial charge in [0.2, 0.25) is 5.91 Å². The van der Waals surface area contributed by atoms with Crippen LogP contribution in [0.3, 0.4) is 0 Å². The number of rotatable bonds is 4. The van der Waals surface area contributed by atoms with Gasteiger partial charge in [-0.3, -0.25) is 9.59 Å². The molecule has 0 unspecified atom stereocenters. The summed E-state index contributed by atoms with van der Waals surface area (Å²) in [6.45, 7) is 2.57. The van der Waals surface area contributed by atoms with Crippen LogP contribution in [-0.2, 0) is 11.2 Å². The summed E-state index contributed by atoms with van der Waals surface area (Å²) in [4.78, 5) is 44.6. The quantitative estimate of drug-likeness (QED) is 0.504. The second kappa shape index (κ2) is 8.67. The van der Waals surface area contributed by atoms with Crippen molar-refractivity contribution in [1.29, 1.82) is 0 Å². The summed E-state index contributed by atoms with van der Waals surface area (Å²) in [5.41, 5.74) is 1.91. The predicted octanol–water partition coefficient (Wildman–Crippen LogP) is 2.77. The average Bonchev–Trinajstić information content (AvgIpc) is 3.29. The summed E-state index contributed by atoms with van der Waals surface area (Å²) in [5, 5.41) is 1.76. The summed E-state index contributed by atoms with van der Waals surface area (Å²) >= 11 is 1.28. The molecule has 0 saturated carbocycles. The number of hydrogen-bond acceptors (Lipinski definition) is 5.